The van der Waals surface area contributed by atoms with Crippen LogP contribution >= 0.6 is 0 Å². The SMILES string of the molecule is CCOC(=O)C1(C(=O)Nc2cccc3ccccc23)CO1. The Morgan fingerprint density at radius 1 is 1.24 bits per heavy atom. The van der Waals surface area contributed by atoms with E-state index in [1.807, 2.05) is 36.4 Å². The van der Waals surface area contributed by atoms with E-state index in [1.165, 1.54) is 0 Å². The van der Waals surface area contributed by atoms with Gasteiger partial charge in [-0.2, -0.15) is 0 Å². The van der Waals surface area contributed by atoms with Gasteiger partial charge in [0.1, 0.15) is 0 Å². The number of epoxide rings is 1. The van der Waals surface area contributed by atoms with Crippen LogP contribution in [0, 0.1) is 0 Å². The predicted octanol–water partition coefficient (Wildman–Crippen LogP) is 2.11. The van der Waals surface area contributed by atoms with Crippen molar-refractivity contribution in [3.8, 4) is 0 Å². The van der Waals surface area contributed by atoms with Crippen LogP contribution in [-0.4, -0.2) is 30.7 Å². The number of nitrogens with one attached hydrogen (secondary N) is 1. The fourth-order valence-electron chi connectivity index (χ4n) is 2.22. The number of hydrogen-bond donors (Lipinski definition) is 1. The largest absolute Gasteiger partial charge is 0.463 e. The molecule has 5 nitrogen and oxygen atoms in total. The first-order valence-corrected chi connectivity index (χ1v) is 6.78. The van der Waals surface area contributed by atoms with Gasteiger partial charge < -0.3 is 14.8 Å². The Labute approximate surface area is 121 Å². The van der Waals surface area contributed by atoms with Crippen LogP contribution in [0.4, 0.5) is 5.69 Å². The standard InChI is InChI=1S/C16H15NO4/c1-2-20-15(19)16(10-21-16)14(18)17-13-9-5-7-11-6-3-4-8-12(11)13/h3-9H,2,10H2,1H3,(H,17,18). The second-order valence-electron chi connectivity index (χ2n) is 4.82. The van der Waals surface area contributed by atoms with Crippen LogP contribution in [0.15, 0.2) is 42.5 Å². The molecule has 0 radical (unpaired) electrons. The minimum atomic E-state index is -1.48. The summed E-state index contributed by atoms with van der Waals surface area (Å²) in [5.74, 6) is -1.12. The first-order valence-electron chi connectivity index (χ1n) is 6.78. The zero-order valence-electron chi connectivity index (χ0n) is 11.6. The molecule has 5 heteroatoms. The lowest BCUT2D eigenvalue weighted by Crippen LogP contribution is -2.40. The van der Waals surface area contributed by atoms with E-state index >= 15 is 0 Å². The molecule has 21 heavy (non-hydrogen) atoms. The Bertz CT molecular complexity index is 701. The summed E-state index contributed by atoms with van der Waals surface area (Å²) >= 11 is 0. The number of amides is 1. The number of carbonyl (C=O) groups excluding carboxylic acids is 2. The number of ether oxygens (including phenoxy) is 2. The van der Waals surface area contributed by atoms with Crippen molar-refractivity contribution in [2.24, 2.45) is 0 Å². The minimum Gasteiger partial charge on any atom is -0.463 e. The van der Waals surface area contributed by atoms with Gasteiger partial charge in [0.25, 0.3) is 11.5 Å². The lowest BCUT2D eigenvalue weighted by molar-refractivity contribution is -0.152. The van der Waals surface area contributed by atoms with E-state index in [2.05, 4.69) is 5.32 Å². The van der Waals surface area contributed by atoms with Gasteiger partial charge in [-0.3, -0.25) is 4.79 Å². The smallest absolute Gasteiger partial charge is 0.350 e. The number of benzene rings is 2. The van der Waals surface area contributed by atoms with Crippen molar-refractivity contribution in [1.82, 2.24) is 0 Å². The highest BCUT2D eigenvalue weighted by atomic mass is 16.6. The van der Waals surface area contributed by atoms with Crippen LogP contribution < -0.4 is 5.32 Å². The molecule has 1 heterocycles. The molecule has 0 bridgehead atoms. The molecule has 1 N–H and O–H groups in total. The Morgan fingerprint density at radius 3 is 2.67 bits per heavy atom. The zero-order valence-corrected chi connectivity index (χ0v) is 11.6. The molecular weight excluding hydrogens is 270 g/mol. The number of rotatable bonds is 4. The van der Waals surface area contributed by atoms with Crippen LogP contribution in [0.3, 0.4) is 0 Å². The second kappa shape index (κ2) is 5.18. The maximum atomic E-state index is 12.3. The summed E-state index contributed by atoms with van der Waals surface area (Å²) in [6, 6.07) is 13.3. The van der Waals surface area contributed by atoms with Gasteiger partial charge in [0, 0.05) is 11.1 Å². The number of fused-ring (bicyclic) bond motifs is 1. The molecule has 2 aromatic rings. The van der Waals surface area contributed by atoms with Gasteiger partial charge in [0.2, 0.25) is 0 Å². The molecule has 2 aromatic carbocycles. The zero-order chi connectivity index (χ0) is 14.9. The average Bonchev–Trinajstić information content (AvgIpc) is 3.30. The van der Waals surface area contributed by atoms with Gasteiger partial charge >= 0.3 is 5.97 Å². The minimum absolute atomic E-state index is 0.0580. The predicted molar refractivity (Wildman–Crippen MR) is 77.9 cm³/mol. The highest BCUT2D eigenvalue weighted by Gasteiger charge is 2.61. The van der Waals surface area contributed by atoms with Crippen molar-refractivity contribution in [3.63, 3.8) is 0 Å². The summed E-state index contributed by atoms with van der Waals surface area (Å²) in [6.45, 7) is 1.96. The molecule has 1 saturated heterocycles. The summed E-state index contributed by atoms with van der Waals surface area (Å²) in [7, 11) is 0. The number of hydrogen-bond acceptors (Lipinski definition) is 4. The highest BCUT2D eigenvalue weighted by Crippen LogP contribution is 2.32. The third kappa shape index (κ3) is 2.36. The summed E-state index contributed by atoms with van der Waals surface area (Å²) < 4.78 is 9.96. The Balaban J connectivity index is 1.86. The fraction of sp³-hybridized carbons (Fsp3) is 0.250. The van der Waals surface area contributed by atoms with Crippen molar-refractivity contribution in [1.29, 1.82) is 0 Å². The molecule has 3 rings (SSSR count). The van der Waals surface area contributed by atoms with Crippen molar-refractivity contribution < 1.29 is 19.1 Å². The summed E-state index contributed by atoms with van der Waals surface area (Å²) in [5.41, 5.74) is -0.829. The lowest BCUT2D eigenvalue weighted by Gasteiger charge is -2.13. The average molecular weight is 285 g/mol. The third-order valence-corrected chi connectivity index (χ3v) is 3.44. The molecular formula is C16H15NO4. The molecule has 1 amide bonds. The highest BCUT2D eigenvalue weighted by molar-refractivity contribution is 6.16. The van der Waals surface area contributed by atoms with Gasteiger partial charge in [-0.25, -0.2) is 4.79 Å². The van der Waals surface area contributed by atoms with E-state index < -0.39 is 17.5 Å². The Morgan fingerprint density at radius 2 is 1.95 bits per heavy atom. The number of esters is 1. The molecule has 0 spiro atoms. The molecule has 1 aliphatic heterocycles. The van der Waals surface area contributed by atoms with Crippen LogP contribution in [0.2, 0.25) is 0 Å². The van der Waals surface area contributed by atoms with E-state index in [9.17, 15) is 9.59 Å². The van der Waals surface area contributed by atoms with Crippen LogP contribution in [-0.2, 0) is 19.1 Å². The first kappa shape index (κ1) is 13.6. The van der Waals surface area contributed by atoms with E-state index in [-0.39, 0.29) is 13.2 Å². The fourth-order valence-corrected chi connectivity index (χ4v) is 2.22. The van der Waals surface area contributed by atoms with E-state index in [0.29, 0.717) is 5.69 Å². The molecule has 1 fully saturated rings. The van der Waals surface area contributed by atoms with Gasteiger partial charge in [0.15, 0.2) is 0 Å². The van der Waals surface area contributed by atoms with Gasteiger partial charge in [-0.1, -0.05) is 36.4 Å². The second-order valence-corrected chi connectivity index (χ2v) is 4.82. The molecule has 1 atom stereocenters. The monoisotopic (exact) mass is 285 g/mol. The summed E-state index contributed by atoms with van der Waals surface area (Å²) in [5, 5.41) is 4.68. The van der Waals surface area contributed by atoms with Gasteiger partial charge in [-0.05, 0) is 18.4 Å². The summed E-state index contributed by atoms with van der Waals surface area (Å²) in [6.07, 6.45) is 0. The summed E-state index contributed by atoms with van der Waals surface area (Å²) in [4.78, 5) is 24.1. The van der Waals surface area contributed by atoms with Gasteiger partial charge in [0.05, 0.1) is 13.2 Å². The molecule has 0 aliphatic carbocycles. The quantitative estimate of drug-likeness (QED) is 0.531. The van der Waals surface area contributed by atoms with E-state index in [1.54, 1.807) is 13.0 Å². The van der Waals surface area contributed by atoms with Crippen molar-refractivity contribution in [3.05, 3.63) is 42.5 Å². The van der Waals surface area contributed by atoms with Gasteiger partial charge in [-0.15, -0.1) is 0 Å². The lowest BCUT2D eigenvalue weighted by atomic mass is 10.1. The maximum absolute atomic E-state index is 12.3. The topological polar surface area (TPSA) is 67.9 Å². The maximum Gasteiger partial charge on any atom is 0.350 e. The normalized spacial score (nSPS) is 20.0. The van der Waals surface area contributed by atoms with Crippen molar-refractivity contribution >= 4 is 28.3 Å². The van der Waals surface area contributed by atoms with Crippen LogP contribution in [0.25, 0.3) is 10.8 Å². The molecule has 0 saturated carbocycles. The number of anilines is 1. The van der Waals surface area contributed by atoms with Crippen molar-refractivity contribution in [2.45, 2.75) is 12.5 Å². The van der Waals surface area contributed by atoms with Crippen molar-refractivity contribution in [2.75, 3.05) is 18.5 Å². The molecule has 1 unspecified atom stereocenters. The Kier molecular flexibility index (Phi) is 3.35. The Hall–Kier alpha value is -2.40. The third-order valence-electron chi connectivity index (χ3n) is 3.44. The molecule has 0 aromatic heterocycles. The molecule has 1 aliphatic rings. The number of carbonyl (C=O) groups is 2. The van der Waals surface area contributed by atoms with E-state index in [0.717, 1.165) is 10.8 Å². The van der Waals surface area contributed by atoms with Crippen LogP contribution in [0.1, 0.15) is 6.92 Å². The first-order chi connectivity index (χ1) is 10.2. The van der Waals surface area contributed by atoms with Crippen LogP contribution in [0.5, 0.6) is 0 Å². The molecule has 108 valence electrons. The van der Waals surface area contributed by atoms with E-state index in [4.69, 9.17) is 9.47 Å².